The zero-order valence-electron chi connectivity index (χ0n) is 19.8. The van der Waals surface area contributed by atoms with Crippen molar-refractivity contribution in [2.24, 2.45) is 0 Å². The summed E-state index contributed by atoms with van der Waals surface area (Å²) in [5, 5.41) is 20.9. The van der Waals surface area contributed by atoms with Gasteiger partial charge in [0.25, 0.3) is 0 Å². The van der Waals surface area contributed by atoms with Crippen LogP contribution in [0.1, 0.15) is 142 Å². The molecule has 0 aromatic rings. The van der Waals surface area contributed by atoms with E-state index < -0.39 is 0 Å². The second-order valence-corrected chi connectivity index (χ2v) is 9.45. The van der Waals surface area contributed by atoms with E-state index in [1.54, 1.807) is 0 Å². The van der Waals surface area contributed by atoms with E-state index in [0.717, 1.165) is 38.5 Å². The summed E-state index contributed by atoms with van der Waals surface area (Å²) in [6.07, 6.45) is 23.4. The van der Waals surface area contributed by atoms with Crippen molar-refractivity contribution in [3.8, 4) is 0 Å². The van der Waals surface area contributed by atoms with Gasteiger partial charge in [-0.05, 0) is 25.7 Å². The van der Waals surface area contributed by atoms with Crippen LogP contribution in [0.2, 0.25) is 0 Å². The third-order valence-corrected chi connectivity index (χ3v) is 6.65. The molecular formula is C26H52O3. The van der Waals surface area contributed by atoms with E-state index >= 15 is 0 Å². The fourth-order valence-corrected chi connectivity index (χ4v) is 4.60. The lowest BCUT2D eigenvalue weighted by atomic mass is 10.00. The van der Waals surface area contributed by atoms with Crippen molar-refractivity contribution >= 4 is 0 Å². The minimum Gasteiger partial charge on any atom is -0.390 e. The van der Waals surface area contributed by atoms with Crippen LogP contribution in [0.15, 0.2) is 0 Å². The summed E-state index contributed by atoms with van der Waals surface area (Å²) in [5.41, 5.74) is 0. The van der Waals surface area contributed by atoms with Gasteiger partial charge in [-0.2, -0.15) is 0 Å². The van der Waals surface area contributed by atoms with Gasteiger partial charge < -0.3 is 14.9 Å². The lowest BCUT2D eigenvalue weighted by molar-refractivity contribution is -0.0786. The van der Waals surface area contributed by atoms with Gasteiger partial charge in [0.15, 0.2) is 0 Å². The molecule has 4 atom stereocenters. The van der Waals surface area contributed by atoms with E-state index in [4.69, 9.17) is 4.74 Å². The van der Waals surface area contributed by atoms with Crippen LogP contribution in [0.5, 0.6) is 0 Å². The normalized spacial score (nSPS) is 21.5. The summed E-state index contributed by atoms with van der Waals surface area (Å²) < 4.78 is 6.03. The van der Waals surface area contributed by atoms with Gasteiger partial charge in [0.1, 0.15) is 0 Å². The smallest absolute Gasteiger partial charge is 0.0840 e. The van der Waals surface area contributed by atoms with Crippen molar-refractivity contribution in [2.75, 3.05) is 0 Å². The van der Waals surface area contributed by atoms with Crippen molar-refractivity contribution < 1.29 is 14.9 Å². The molecule has 0 aliphatic carbocycles. The van der Waals surface area contributed by atoms with Crippen LogP contribution in [-0.2, 0) is 4.74 Å². The molecule has 0 amide bonds. The number of aliphatic hydroxyl groups excluding tert-OH is 2. The Hall–Kier alpha value is -0.120. The zero-order valence-corrected chi connectivity index (χ0v) is 19.8. The number of hydrogen-bond donors (Lipinski definition) is 2. The highest BCUT2D eigenvalue weighted by atomic mass is 16.5. The van der Waals surface area contributed by atoms with Gasteiger partial charge in [0.05, 0.1) is 24.4 Å². The third kappa shape index (κ3) is 13.7. The van der Waals surface area contributed by atoms with Crippen molar-refractivity contribution in [1.82, 2.24) is 0 Å². The van der Waals surface area contributed by atoms with E-state index in [1.807, 2.05) is 0 Å². The molecule has 29 heavy (non-hydrogen) atoms. The summed E-state index contributed by atoms with van der Waals surface area (Å²) >= 11 is 0. The van der Waals surface area contributed by atoms with E-state index in [0.29, 0.717) is 0 Å². The van der Waals surface area contributed by atoms with Gasteiger partial charge in [-0.3, -0.25) is 0 Å². The standard InChI is InChI=1S/C26H52O3/c1-3-5-7-9-11-13-15-17-19-23(27)25-21-22-26(29-25)24(28)20-18-16-14-12-10-8-6-4-2/h23-28H,3-22H2,1-2H3/t23-,24-,25-,26-/m1/s1. The molecule has 1 rings (SSSR count). The van der Waals surface area contributed by atoms with E-state index in [1.165, 1.54) is 89.9 Å². The van der Waals surface area contributed by atoms with Gasteiger partial charge in [0.2, 0.25) is 0 Å². The van der Waals surface area contributed by atoms with Crippen LogP contribution >= 0.6 is 0 Å². The van der Waals surface area contributed by atoms with Gasteiger partial charge in [0, 0.05) is 0 Å². The van der Waals surface area contributed by atoms with E-state index in [2.05, 4.69) is 13.8 Å². The van der Waals surface area contributed by atoms with Crippen LogP contribution in [0, 0.1) is 0 Å². The van der Waals surface area contributed by atoms with Crippen LogP contribution in [0.25, 0.3) is 0 Å². The average molecular weight is 413 g/mol. The molecule has 1 aliphatic rings. The molecule has 0 aromatic carbocycles. The number of aliphatic hydroxyl groups is 2. The maximum Gasteiger partial charge on any atom is 0.0840 e. The summed E-state index contributed by atoms with van der Waals surface area (Å²) in [6.45, 7) is 4.51. The first-order chi connectivity index (χ1) is 14.2. The van der Waals surface area contributed by atoms with Crippen LogP contribution in [0.4, 0.5) is 0 Å². The molecule has 1 fully saturated rings. The molecule has 0 spiro atoms. The van der Waals surface area contributed by atoms with Gasteiger partial charge in [-0.15, -0.1) is 0 Å². The first kappa shape index (κ1) is 26.9. The van der Waals surface area contributed by atoms with Crippen LogP contribution in [0.3, 0.4) is 0 Å². The Morgan fingerprint density at radius 3 is 1.21 bits per heavy atom. The largest absolute Gasteiger partial charge is 0.390 e. The molecule has 3 nitrogen and oxygen atoms in total. The Kier molecular flexibility index (Phi) is 17.3. The molecule has 0 unspecified atom stereocenters. The predicted molar refractivity (Wildman–Crippen MR) is 124 cm³/mol. The molecule has 1 saturated heterocycles. The van der Waals surface area contributed by atoms with E-state index in [-0.39, 0.29) is 24.4 Å². The number of rotatable bonds is 20. The predicted octanol–water partition coefficient (Wildman–Crippen LogP) is 7.32. The van der Waals surface area contributed by atoms with Crippen molar-refractivity contribution in [1.29, 1.82) is 0 Å². The highest BCUT2D eigenvalue weighted by Gasteiger charge is 2.33. The first-order valence-corrected chi connectivity index (χ1v) is 13.2. The highest BCUT2D eigenvalue weighted by Crippen LogP contribution is 2.28. The molecule has 1 heterocycles. The third-order valence-electron chi connectivity index (χ3n) is 6.65. The molecule has 2 N–H and O–H groups in total. The molecule has 3 heteroatoms. The Morgan fingerprint density at radius 1 is 0.552 bits per heavy atom. The molecule has 174 valence electrons. The maximum absolute atomic E-state index is 10.4. The van der Waals surface area contributed by atoms with Crippen LogP contribution in [-0.4, -0.2) is 34.6 Å². The number of unbranched alkanes of at least 4 members (excludes halogenated alkanes) is 14. The van der Waals surface area contributed by atoms with Crippen molar-refractivity contribution in [3.63, 3.8) is 0 Å². The summed E-state index contributed by atoms with van der Waals surface area (Å²) in [4.78, 5) is 0. The molecule has 1 aliphatic heterocycles. The second-order valence-electron chi connectivity index (χ2n) is 9.45. The molecule has 0 radical (unpaired) electrons. The molecular weight excluding hydrogens is 360 g/mol. The maximum atomic E-state index is 10.4. The van der Waals surface area contributed by atoms with Gasteiger partial charge >= 0.3 is 0 Å². The lowest BCUT2D eigenvalue weighted by Crippen LogP contribution is -2.31. The van der Waals surface area contributed by atoms with Crippen molar-refractivity contribution in [2.45, 2.75) is 167 Å². The monoisotopic (exact) mass is 412 g/mol. The zero-order chi connectivity index (χ0) is 21.2. The van der Waals surface area contributed by atoms with Gasteiger partial charge in [-0.25, -0.2) is 0 Å². The topological polar surface area (TPSA) is 49.7 Å². The number of ether oxygens (including phenoxy) is 1. The fraction of sp³-hybridized carbons (Fsp3) is 1.00. The minimum atomic E-state index is -0.351. The van der Waals surface area contributed by atoms with Crippen LogP contribution < -0.4 is 0 Å². The summed E-state index contributed by atoms with van der Waals surface area (Å²) in [5.74, 6) is 0. The quantitative estimate of drug-likeness (QED) is 0.206. The fourth-order valence-electron chi connectivity index (χ4n) is 4.60. The molecule has 0 bridgehead atoms. The number of hydrogen-bond acceptors (Lipinski definition) is 3. The Balaban J connectivity index is 2.00. The average Bonchev–Trinajstić information content (AvgIpc) is 3.22. The van der Waals surface area contributed by atoms with Gasteiger partial charge in [-0.1, -0.05) is 117 Å². The second kappa shape index (κ2) is 18.6. The molecule has 0 aromatic heterocycles. The van der Waals surface area contributed by atoms with E-state index in [9.17, 15) is 10.2 Å². The summed E-state index contributed by atoms with van der Waals surface area (Å²) in [7, 11) is 0. The SMILES string of the molecule is CCCCCCCCCC[C@@H](O)[C@H]1CC[C@H]([C@H](O)CCCCCCCCCC)O1. The highest BCUT2D eigenvalue weighted by molar-refractivity contribution is 4.83. The first-order valence-electron chi connectivity index (χ1n) is 13.2. The Morgan fingerprint density at radius 2 is 0.862 bits per heavy atom. The Bertz CT molecular complexity index is 315. The minimum absolute atomic E-state index is 0.0576. The molecule has 0 saturated carbocycles. The lowest BCUT2D eigenvalue weighted by Gasteiger charge is -2.22. The van der Waals surface area contributed by atoms with Crippen molar-refractivity contribution in [3.05, 3.63) is 0 Å². The summed E-state index contributed by atoms with van der Waals surface area (Å²) in [6, 6.07) is 0. The Labute approximate surface area is 182 Å².